The number of rotatable bonds is 7. The fourth-order valence-electron chi connectivity index (χ4n) is 4.84. The fourth-order valence-corrected chi connectivity index (χ4v) is 4.84. The van der Waals surface area contributed by atoms with Gasteiger partial charge in [-0.15, -0.1) is 17.0 Å². The number of nitrogens with zero attached hydrogens (tertiary/aromatic N) is 4. The zero-order valence-corrected chi connectivity index (χ0v) is 21.1. The third-order valence-electron chi connectivity index (χ3n) is 6.30. The highest BCUT2D eigenvalue weighted by Gasteiger charge is 2.28. The van der Waals surface area contributed by atoms with E-state index in [4.69, 9.17) is 9.97 Å². The van der Waals surface area contributed by atoms with Crippen LogP contribution < -0.4 is 0 Å². The summed E-state index contributed by atoms with van der Waals surface area (Å²) in [5, 5.41) is 0. The van der Waals surface area contributed by atoms with Crippen LogP contribution in [0.2, 0.25) is 0 Å². The number of aromatic nitrogens is 3. The van der Waals surface area contributed by atoms with Crippen molar-refractivity contribution in [2.75, 3.05) is 14.1 Å². The minimum Gasteiger partial charge on any atom is -0.341 e. The van der Waals surface area contributed by atoms with Crippen molar-refractivity contribution in [2.45, 2.75) is 44.9 Å². The molecule has 1 aliphatic rings. The Morgan fingerprint density at radius 1 is 0.909 bits per heavy atom. The Kier molecular flexibility index (Phi) is 7.58. The summed E-state index contributed by atoms with van der Waals surface area (Å²) in [5.74, 6) is 1.01. The zero-order valence-electron chi connectivity index (χ0n) is 19.4. The number of H-pyrrole nitrogens is 1. The van der Waals surface area contributed by atoms with E-state index in [1.807, 2.05) is 12.3 Å². The second-order valence-electron chi connectivity index (χ2n) is 9.12. The van der Waals surface area contributed by atoms with E-state index in [0.29, 0.717) is 6.04 Å². The van der Waals surface area contributed by atoms with Gasteiger partial charge in [0.05, 0.1) is 29.3 Å². The first-order valence-electron chi connectivity index (χ1n) is 11.5. The molecule has 33 heavy (non-hydrogen) atoms. The normalized spacial score (nSPS) is 15.6. The van der Waals surface area contributed by atoms with Crippen LogP contribution in [0, 0.1) is 0 Å². The predicted molar refractivity (Wildman–Crippen MR) is 139 cm³/mol. The van der Waals surface area contributed by atoms with Gasteiger partial charge in [0.15, 0.2) is 0 Å². The van der Waals surface area contributed by atoms with Gasteiger partial charge >= 0.3 is 0 Å². The summed E-state index contributed by atoms with van der Waals surface area (Å²) >= 11 is 0. The van der Waals surface area contributed by atoms with Crippen LogP contribution in [0.5, 0.6) is 0 Å². The van der Waals surface area contributed by atoms with Crippen LogP contribution in [0.3, 0.4) is 0 Å². The number of hydrogen-bond acceptors (Lipinski definition) is 4. The smallest absolute Gasteiger partial charge is 0.121 e. The molecule has 0 aliphatic heterocycles. The van der Waals surface area contributed by atoms with Crippen molar-refractivity contribution in [1.82, 2.24) is 24.8 Å². The Bertz CT molecular complexity index is 1150. The molecule has 5 nitrogen and oxygen atoms in total. The minimum absolute atomic E-state index is 0. The molecule has 1 unspecified atom stereocenters. The molecule has 1 aliphatic carbocycles. The second kappa shape index (κ2) is 10.6. The quantitative estimate of drug-likeness (QED) is 0.351. The van der Waals surface area contributed by atoms with Crippen LogP contribution in [-0.4, -0.2) is 38.8 Å². The molecule has 1 atom stereocenters. The fraction of sp³-hybridized carbons (Fsp3) is 0.333. The lowest BCUT2D eigenvalue weighted by Crippen LogP contribution is -2.31. The lowest BCUT2D eigenvalue weighted by atomic mass is 9.90. The number of nitrogens with one attached hydrogen (secondary N) is 1. The molecule has 0 radical (unpaired) electrons. The van der Waals surface area contributed by atoms with Crippen molar-refractivity contribution in [3.63, 3.8) is 0 Å². The highest BCUT2D eigenvalue weighted by molar-refractivity contribution is 8.93. The average molecular weight is 506 g/mol. The highest BCUT2D eigenvalue weighted by atomic mass is 79.9. The number of para-hydroxylation sites is 2. The van der Waals surface area contributed by atoms with Gasteiger partial charge in [0, 0.05) is 19.3 Å². The van der Waals surface area contributed by atoms with Crippen molar-refractivity contribution >= 4 is 28.0 Å². The number of benzene rings is 2. The van der Waals surface area contributed by atoms with E-state index in [1.165, 1.54) is 28.8 Å². The third-order valence-corrected chi connectivity index (χ3v) is 6.30. The average Bonchev–Trinajstić information content (AvgIpc) is 3.22. The SMILES string of the molecule is Br.CN(C)Cc1ccc(CN(Cc2nc3ccccc3[nH]2)C2CCCc3cccnc32)cc1. The molecule has 6 heteroatoms. The van der Waals surface area contributed by atoms with E-state index in [2.05, 4.69) is 83.5 Å². The predicted octanol–water partition coefficient (Wildman–Crippen LogP) is 5.68. The maximum atomic E-state index is 4.87. The molecule has 0 amide bonds. The zero-order chi connectivity index (χ0) is 21.9. The summed E-state index contributed by atoms with van der Waals surface area (Å²) < 4.78 is 0. The molecule has 2 aromatic carbocycles. The molecule has 1 N–H and O–H groups in total. The van der Waals surface area contributed by atoms with Crippen LogP contribution in [0.15, 0.2) is 66.9 Å². The molecule has 5 rings (SSSR count). The lowest BCUT2D eigenvalue weighted by molar-refractivity contribution is 0.153. The van der Waals surface area contributed by atoms with Crippen LogP contribution >= 0.6 is 17.0 Å². The van der Waals surface area contributed by atoms with E-state index in [9.17, 15) is 0 Å². The Labute approximate surface area is 206 Å². The third kappa shape index (κ3) is 5.52. The van der Waals surface area contributed by atoms with Gasteiger partial charge in [-0.25, -0.2) is 4.98 Å². The molecule has 0 bridgehead atoms. The Balaban J connectivity index is 0.00000259. The van der Waals surface area contributed by atoms with Gasteiger partial charge in [-0.1, -0.05) is 42.5 Å². The van der Waals surface area contributed by atoms with Gasteiger partial charge in [0.2, 0.25) is 0 Å². The molecular weight excluding hydrogens is 474 g/mol. The molecule has 0 fully saturated rings. The van der Waals surface area contributed by atoms with Gasteiger partial charge in [0.25, 0.3) is 0 Å². The minimum atomic E-state index is 0. The molecule has 0 spiro atoms. The first-order chi connectivity index (χ1) is 15.7. The summed E-state index contributed by atoms with van der Waals surface area (Å²) in [4.78, 5) is 18.0. The summed E-state index contributed by atoms with van der Waals surface area (Å²) in [6.45, 7) is 2.61. The largest absolute Gasteiger partial charge is 0.341 e. The molecule has 172 valence electrons. The van der Waals surface area contributed by atoms with Gasteiger partial charge < -0.3 is 9.88 Å². The van der Waals surface area contributed by atoms with E-state index in [-0.39, 0.29) is 17.0 Å². The van der Waals surface area contributed by atoms with Crippen LogP contribution in [-0.2, 0) is 26.1 Å². The Hall–Kier alpha value is -2.54. The number of pyridine rings is 1. The molecule has 2 heterocycles. The summed E-state index contributed by atoms with van der Waals surface area (Å²) in [5.41, 5.74) is 7.41. The number of fused-ring (bicyclic) bond motifs is 2. The number of halogens is 1. The molecule has 0 saturated carbocycles. The standard InChI is InChI=1S/C27H31N5.BrH/c1-31(2)17-20-12-14-21(15-13-20)18-32(19-26-29-23-9-3-4-10-24(23)30-26)25-11-5-7-22-8-6-16-28-27(22)25;/h3-4,6,8-10,12-16,25H,5,7,11,17-19H2,1-2H3,(H,29,30);1H. The van der Waals surface area contributed by atoms with Gasteiger partial charge in [-0.3, -0.25) is 9.88 Å². The summed E-state index contributed by atoms with van der Waals surface area (Å²) in [6.07, 6.45) is 5.38. The Morgan fingerprint density at radius 2 is 1.67 bits per heavy atom. The molecular formula is C27H32BrN5. The summed E-state index contributed by atoms with van der Waals surface area (Å²) in [7, 11) is 4.22. The number of imidazole rings is 1. The van der Waals surface area contributed by atoms with Gasteiger partial charge in [0.1, 0.15) is 5.82 Å². The molecule has 0 saturated heterocycles. The van der Waals surface area contributed by atoms with E-state index < -0.39 is 0 Å². The van der Waals surface area contributed by atoms with Gasteiger partial charge in [-0.05, 0) is 68.2 Å². The lowest BCUT2D eigenvalue weighted by Gasteiger charge is -2.34. The number of hydrogen-bond donors (Lipinski definition) is 1. The maximum absolute atomic E-state index is 4.87. The Morgan fingerprint density at radius 3 is 2.42 bits per heavy atom. The van der Waals surface area contributed by atoms with Crippen LogP contribution in [0.4, 0.5) is 0 Å². The van der Waals surface area contributed by atoms with Crippen molar-refractivity contribution in [2.24, 2.45) is 0 Å². The summed E-state index contributed by atoms with van der Waals surface area (Å²) in [6, 6.07) is 21.9. The van der Waals surface area contributed by atoms with Crippen molar-refractivity contribution in [1.29, 1.82) is 0 Å². The van der Waals surface area contributed by atoms with Crippen LogP contribution in [0.1, 0.15) is 47.1 Å². The van der Waals surface area contributed by atoms with Crippen molar-refractivity contribution in [3.8, 4) is 0 Å². The monoisotopic (exact) mass is 505 g/mol. The maximum Gasteiger partial charge on any atom is 0.121 e. The second-order valence-corrected chi connectivity index (χ2v) is 9.12. The molecule has 4 aromatic rings. The molecule has 2 aromatic heterocycles. The first kappa shape index (κ1) is 23.6. The first-order valence-corrected chi connectivity index (χ1v) is 11.5. The van der Waals surface area contributed by atoms with Gasteiger partial charge in [-0.2, -0.15) is 0 Å². The van der Waals surface area contributed by atoms with E-state index in [0.717, 1.165) is 49.3 Å². The van der Waals surface area contributed by atoms with Crippen molar-refractivity contribution in [3.05, 3.63) is 95.1 Å². The number of aromatic amines is 1. The van der Waals surface area contributed by atoms with Crippen LogP contribution in [0.25, 0.3) is 11.0 Å². The topological polar surface area (TPSA) is 48.0 Å². The van der Waals surface area contributed by atoms with E-state index >= 15 is 0 Å². The van der Waals surface area contributed by atoms with Crippen molar-refractivity contribution < 1.29 is 0 Å². The van der Waals surface area contributed by atoms with E-state index in [1.54, 1.807) is 0 Å². The number of aryl methyl sites for hydroxylation is 1. The highest BCUT2D eigenvalue weighted by Crippen LogP contribution is 2.34.